The first kappa shape index (κ1) is 15.2. The molecule has 0 rings (SSSR count). The summed E-state index contributed by atoms with van der Waals surface area (Å²) in [5.41, 5.74) is 0. The minimum atomic E-state index is -1.62. The van der Waals surface area contributed by atoms with Crippen LogP contribution in [0.1, 0.15) is 62.3 Å². The van der Waals surface area contributed by atoms with Gasteiger partial charge in [0.1, 0.15) is 8.24 Å². The molecular formula is C13H31NSi. The molecule has 0 unspecified atom stereocenters. The summed E-state index contributed by atoms with van der Waals surface area (Å²) < 4.78 is 0. The highest BCUT2D eigenvalue weighted by Gasteiger charge is 2.59. The summed E-state index contributed by atoms with van der Waals surface area (Å²) in [4.78, 5) is 3.77. The van der Waals surface area contributed by atoms with Crippen molar-refractivity contribution < 1.29 is 0 Å². The van der Waals surface area contributed by atoms with E-state index in [2.05, 4.69) is 74.3 Å². The van der Waals surface area contributed by atoms with Crippen LogP contribution in [0.4, 0.5) is 0 Å². The Hall–Kier alpha value is 0.177. The van der Waals surface area contributed by atoms with Gasteiger partial charge in [0.2, 0.25) is 0 Å². The number of rotatable bonds is 1. The molecule has 0 fully saturated rings. The van der Waals surface area contributed by atoms with E-state index in [-0.39, 0.29) is 0 Å². The highest BCUT2D eigenvalue weighted by Crippen LogP contribution is 2.59. The minimum absolute atomic E-state index is 0.359. The van der Waals surface area contributed by atoms with Crippen LogP contribution in [0.2, 0.25) is 15.1 Å². The van der Waals surface area contributed by atoms with Crippen LogP contribution in [0.5, 0.6) is 0 Å². The van der Waals surface area contributed by atoms with Crippen LogP contribution in [0.3, 0.4) is 0 Å². The van der Waals surface area contributed by atoms with Gasteiger partial charge < -0.3 is 4.98 Å². The lowest BCUT2D eigenvalue weighted by molar-refractivity contribution is 0.512. The van der Waals surface area contributed by atoms with Gasteiger partial charge in [0, 0.05) is 0 Å². The summed E-state index contributed by atoms with van der Waals surface area (Å²) in [6.07, 6.45) is 0. The maximum atomic E-state index is 3.77. The van der Waals surface area contributed by atoms with E-state index in [1.54, 1.807) is 0 Å². The van der Waals surface area contributed by atoms with Gasteiger partial charge >= 0.3 is 0 Å². The summed E-state index contributed by atoms with van der Waals surface area (Å²) in [5, 5.41) is 1.08. The zero-order chi connectivity index (χ0) is 12.7. The van der Waals surface area contributed by atoms with Crippen molar-refractivity contribution in [2.45, 2.75) is 77.4 Å². The third kappa shape index (κ3) is 2.31. The molecule has 0 saturated heterocycles. The summed E-state index contributed by atoms with van der Waals surface area (Å²) in [5.74, 6) is 0. The second-order valence-electron chi connectivity index (χ2n) is 7.75. The molecule has 0 aliphatic rings. The molecular weight excluding hydrogens is 198 g/mol. The van der Waals surface area contributed by atoms with E-state index in [9.17, 15) is 0 Å². The fourth-order valence-corrected chi connectivity index (χ4v) is 13.5. The van der Waals surface area contributed by atoms with Crippen molar-refractivity contribution in [2.24, 2.45) is 0 Å². The van der Waals surface area contributed by atoms with Crippen LogP contribution >= 0.6 is 0 Å². The van der Waals surface area contributed by atoms with Gasteiger partial charge in [-0.3, -0.25) is 0 Å². The normalized spacial score (nSPS) is 15.6. The molecule has 0 atom stereocenters. The zero-order valence-electron chi connectivity index (χ0n) is 12.5. The lowest BCUT2D eigenvalue weighted by atomic mass is 10.2. The molecule has 0 radical (unpaired) electrons. The van der Waals surface area contributed by atoms with Crippen LogP contribution in [0, 0.1) is 0 Å². The molecule has 1 nitrogen and oxygen atoms in total. The quantitative estimate of drug-likeness (QED) is 0.650. The van der Waals surface area contributed by atoms with E-state index >= 15 is 0 Å². The van der Waals surface area contributed by atoms with Crippen molar-refractivity contribution in [3.8, 4) is 0 Å². The summed E-state index contributed by atoms with van der Waals surface area (Å²) >= 11 is 0. The van der Waals surface area contributed by atoms with Gasteiger partial charge in [0.25, 0.3) is 0 Å². The molecule has 0 saturated carbocycles. The van der Waals surface area contributed by atoms with E-state index < -0.39 is 8.24 Å². The molecule has 0 aromatic rings. The van der Waals surface area contributed by atoms with Crippen LogP contribution < -0.4 is 4.98 Å². The number of hydrogen-bond acceptors (Lipinski definition) is 1. The topological polar surface area (TPSA) is 12.0 Å². The first-order chi connectivity index (χ1) is 6.31. The Balaban J connectivity index is 5.78. The predicted octanol–water partition coefficient (Wildman–Crippen LogP) is 4.55. The summed E-state index contributed by atoms with van der Waals surface area (Å²) in [6.45, 7) is 21.6. The van der Waals surface area contributed by atoms with Crippen molar-refractivity contribution in [1.82, 2.24) is 4.98 Å². The summed E-state index contributed by atoms with van der Waals surface area (Å²) in [7, 11) is 0.536. The standard InChI is InChI=1S/C13H31NSi/c1-11(2,3)15(14-10,12(4,5)6)13(7,8)9/h14H,1-10H3. The van der Waals surface area contributed by atoms with Gasteiger partial charge in [0.05, 0.1) is 0 Å². The second kappa shape index (κ2) is 3.88. The van der Waals surface area contributed by atoms with Crippen molar-refractivity contribution >= 4 is 8.24 Å². The van der Waals surface area contributed by atoms with Gasteiger partial charge in [-0.1, -0.05) is 62.3 Å². The van der Waals surface area contributed by atoms with Crippen LogP contribution in [-0.4, -0.2) is 15.3 Å². The Morgan fingerprint density at radius 2 is 0.800 bits per heavy atom. The van der Waals surface area contributed by atoms with Crippen molar-refractivity contribution in [3.05, 3.63) is 0 Å². The Labute approximate surface area is 98.1 Å². The molecule has 0 aliphatic carbocycles. The maximum absolute atomic E-state index is 3.77. The fraction of sp³-hybridized carbons (Fsp3) is 1.00. The maximum Gasteiger partial charge on any atom is 0.141 e. The average molecular weight is 229 g/mol. The number of nitrogens with one attached hydrogen (secondary N) is 1. The molecule has 0 amide bonds. The van der Waals surface area contributed by atoms with Gasteiger partial charge in [0.15, 0.2) is 0 Å². The molecule has 0 aromatic carbocycles. The largest absolute Gasteiger partial charge is 0.339 e. The molecule has 0 heterocycles. The van der Waals surface area contributed by atoms with E-state index in [0.717, 1.165) is 0 Å². The van der Waals surface area contributed by atoms with Gasteiger partial charge in [-0.15, -0.1) is 0 Å². The van der Waals surface area contributed by atoms with Crippen LogP contribution in [0.25, 0.3) is 0 Å². The van der Waals surface area contributed by atoms with Gasteiger partial charge in [-0.25, -0.2) is 0 Å². The van der Waals surface area contributed by atoms with Crippen molar-refractivity contribution in [3.63, 3.8) is 0 Å². The molecule has 92 valence electrons. The summed E-state index contributed by atoms with van der Waals surface area (Å²) in [6, 6.07) is 0. The lowest BCUT2D eigenvalue weighted by Crippen LogP contribution is -2.67. The molecule has 0 aliphatic heterocycles. The molecule has 1 N–H and O–H groups in total. The Morgan fingerprint density at radius 3 is 0.800 bits per heavy atom. The predicted molar refractivity (Wildman–Crippen MR) is 74.0 cm³/mol. The van der Waals surface area contributed by atoms with Crippen LogP contribution in [-0.2, 0) is 0 Å². The highest BCUT2D eigenvalue weighted by atomic mass is 28.3. The number of hydrogen-bond donors (Lipinski definition) is 1. The fourth-order valence-electron chi connectivity index (χ4n) is 4.50. The lowest BCUT2D eigenvalue weighted by Gasteiger charge is -2.58. The van der Waals surface area contributed by atoms with Gasteiger partial charge in [-0.2, -0.15) is 0 Å². The molecule has 0 bridgehead atoms. The van der Waals surface area contributed by atoms with Crippen LogP contribution in [0.15, 0.2) is 0 Å². The Morgan fingerprint density at radius 1 is 0.600 bits per heavy atom. The molecule has 15 heavy (non-hydrogen) atoms. The second-order valence-corrected chi connectivity index (χ2v) is 14.2. The molecule has 2 heteroatoms. The zero-order valence-corrected chi connectivity index (χ0v) is 13.5. The molecule has 0 aromatic heterocycles. The monoisotopic (exact) mass is 229 g/mol. The van der Waals surface area contributed by atoms with Crippen molar-refractivity contribution in [2.75, 3.05) is 7.05 Å². The third-order valence-corrected chi connectivity index (χ3v) is 11.2. The average Bonchev–Trinajstić information content (AvgIpc) is 1.76. The Bertz CT molecular complexity index is 176. The Kier molecular flexibility index (Phi) is 3.93. The first-order valence-corrected chi connectivity index (χ1v) is 8.00. The van der Waals surface area contributed by atoms with E-state index in [4.69, 9.17) is 0 Å². The van der Waals surface area contributed by atoms with Crippen molar-refractivity contribution in [1.29, 1.82) is 0 Å². The molecule has 0 spiro atoms. The van der Waals surface area contributed by atoms with Gasteiger partial charge in [-0.05, 0) is 22.2 Å². The first-order valence-electron chi connectivity index (χ1n) is 6.00. The third-order valence-electron chi connectivity index (χ3n) is 3.75. The van der Waals surface area contributed by atoms with E-state index in [1.807, 2.05) is 0 Å². The van der Waals surface area contributed by atoms with E-state index in [1.165, 1.54) is 0 Å². The smallest absolute Gasteiger partial charge is 0.141 e. The highest BCUT2D eigenvalue weighted by molar-refractivity contribution is 6.85. The minimum Gasteiger partial charge on any atom is -0.339 e. The van der Waals surface area contributed by atoms with E-state index in [0.29, 0.717) is 15.1 Å². The SMILES string of the molecule is CN[Si](C(C)(C)C)(C(C)(C)C)C(C)(C)C.